The Bertz CT molecular complexity index is 873. The number of allylic oxidation sites excluding steroid dienone is 8. The van der Waals surface area contributed by atoms with E-state index >= 15 is 0 Å². The molecule has 0 saturated heterocycles. The molecular weight excluding hydrogens is 645 g/mol. The molecule has 0 aromatic carbocycles. The van der Waals surface area contributed by atoms with Crippen LogP contribution >= 0.6 is 0 Å². The largest absolute Gasteiger partial charge is 0.462 e. The van der Waals surface area contributed by atoms with Crippen LogP contribution in [0.5, 0.6) is 0 Å². The smallest absolute Gasteiger partial charge is 0.306 e. The average Bonchev–Trinajstić information content (AvgIpc) is 3.14. The van der Waals surface area contributed by atoms with Gasteiger partial charge >= 0.3 is 11.9 Å². The van der Waals surface area contributed by atoms with E-state index in [1.165, 1.54) is 96.3 Å². The lowest BCUT2D eigenvalue weighted by Crippen LogP contribution is -2.30. The van der Waals surface area contributed by atoms with E-state index in [9.17, 15) is 9.59 Å². The standard InChI is InChI=1S/C47H84O5/c1-4-7-10-13-16-19-22-24-26-28-31-34-37-40-46(48)51-44-45(43-50-42-39-36-33-30-21-18-15-12-9-6-3)52-47(49)41-38-35-32-29-27-25-23-20-17-14-11-8-5-2/h7,10,16,19-20,23-24,26,45H,4-6,8-9,11-15,17-18,21-22,25,27-44H2,1-3H3/b10-7-,19-16-,23-20-,26-24-. The van der Waals surface area contributed by atoms with Crippen molar-refractivity contribution in [1.29, 1.82) is 0 Å². The van der Waals surface area contributed by atoms with Crippen molar-refractivity contribution >= 4 is 11.9 Å². The fourth-order valence-electron chi connectivity index (χ4n) is 6.05. The van der Waals surface area contributed by atoms with E-state index in [4.69, 9.17) is 14.2 Å². The van der Waals surface area contributed by atoms with Gasteiger partial charge in [0.2, 0.25) is 0 Å². The summed E-state index contributed by atoms with van der Waals surface area (Å²) in [5.41, 5.74) is 0. The Hall–Kier alpha value is -2.14. The summed E-state index contributed by atoms with van der Waals surface area (Å²) in [5, 5.41) is 0. The topological polar surface area (TPSA) is 61.8 Å². The summed E-state index contributed by atoms with van der Waals surface area (Å²) in [5.74, 6) is -0.439. The Morgan fingerprint density at radius 3 is 1.44 bits per heavy atom. The number of esters is 2. The van der Waals surface area contributed by atoms with Gasteiger partial charge in [0.1, 0.15) is 6.61 Å². The zero-order valence-electron chi connectivity index (χ0n) is 34.6. The molecule has 5 heteroatoms. The molecule has 0 saturated carbocycles. The number of ether oxygens (including phenoxy) is 3. The first-order valence-corrected chi connectivity index (χ1v) is 22.2. The molecule has 52 heavy (non-hydrogen) atoms. The number of unbranched alkanes of at least 4 members (excludes halogenated alkanes) is 21. The molecule has 0 aliphatic heterocycles. The van der Waals surface area contributed by atoms with E-state index in [1.54, 1.807) is 0 Å². The van der Waals surface area contributed by atoms with Gasteiger partial charge in [-0.3, -0.25) is 9.59 Å². The summed E-state index contributed by atoms with van der Waals surface area (Å²) in [4.78, 5) is 25.2. The van der Waals surface area contributed by atoms with E-state index < -0.39 is 6.10 Å². The third kappa shape index (κ3) is 40.6. The van der Waals surface area contributed by atoms with Crippen molar-refractivity contribution in [3.8, 4) is 0 Å². The van der Waals surface area contributed by atoms with Gasteiger partial charge in [-0.05, 0) is 77.0 Å². The summed E-state index contributed by atoms with van der Waals surface area (Å²) in [6.45, 7) is 7.66. The number of rotatable bonds is 40. The second-order valence-corrected chi connectivity index (χ2v) is 14.6. The molecule has 0 aliphatic rings. The third-order valence-electron chi connectivity index (χ3n) is 9.35. The van der Waals surface area contributed by atoms with Crippen molar-refractivity contribution in [2.24, 2.45) is 0 Å². The molecule has 1 atom stereocenters. The number of hydrogen-bond acceptors (Lipinski definition) is 5. The Morgan fingerprint density at radius 2 is 0.865 bits per heavy atom. The molecule has 5 nitrogen and oxygen atoms in total. The summed E-state index contributed by atoms with van der Waals surface area (Å²) in [6.07, 6.45) is 51.0. The van der Waals surface area contributed by atoms with Crippen molar-refractivity contribution in [1.82, 2.24) is 0 Å². The van der Waals surface area contributed by atoms with Crippen LogP contribution in [0.2, 0.25) is 0 Å². The summed E-state index contributed by atoms with van der Waals surface area (Å²) >= 11 is 0. The Morgan fingerprint density at radius 1 is 0.442 bits per heavy atom. The molecule has 1 unspecified atom stereocenters. The molecule has 0 aromatic heterocycles. The van der Waals surface area contributed by atoms with Crippen molar-refractivity contribution in [2.75, 3.05) is 19.8 Å². The van der Waals surface area contributed by atoms with E-state index in [2.05, 4.69) is 69.4 Å². The maximum Gasteiger partial charge on any atom is 0.306 e. The van der Waals surface area contributed by atoms with Gasteiger partial charge in [-0.15, -0.1) is 0 Å². The van der Waals surface area contributed by atoms with Crippen LogP contribution in [0.3, 0.4) is 0 Å². The van der Waals surface area contributed by atoms with Crippen LogP contribution in [0.25, 0.3) is 0 Å². The fraction of sp³-hybridized carbons (Fsp3) is 0.787. The predicted molar refractivity (Wildman–Crippen MR) is 224 cm³/mol. The molecule has 0 rings (SSSR count). The third-order valence-corrected chi connectivity index (χ3v) is 9.35. The zero-order valence-corrected chi connectivity index (χ0v) is 34.6. The van der Waals surface area contributed by atoms with Gasteiger partial charge in [0.05, 0.1) is 6.61 Å². The highest BCUT2D eigenvalue weighted by Crippen LogP contribution is 2.13. The highest BCUT2D eigenvalue weighted by atomic mass is 16.6. The van der Waals surface area contributed by atoms with Crippen molar-refractivity contribution in [2.45, 2.75) is 219 Å². The van der Waals surface area contributed by atoms with E-state index in [1.807, 2.05) is 0 Å². The van der Waals surface area contributed by atoms with Gasteiger partial charge in [-0.1, -0.05) is 172 Å². The van der Waals surface area contributed by atoms with Crippen LogP contribution in [-0.4, -0.2) is 37.9 Å². The average molecular weight is 729 g/mol. The lowest BCUT2D eigenvalue weighted by Gasteiger charge is -2.18. The van der Waals surface area contributed by atoms with Gasteiger partial charge in [-0.2, -0.15) is 0 Å². The molecule has 0 fully saturated rings. The van der Waals surface area contributed by atoms with Crippen LogP contribution in [-0.2, 0) is 23.8 Å². The second-order valence-electron chi connectivity index (χ2n) is 14.6. The van der Waals surface area contributed by atoms with Gasteiger partial charge in [0.25, 0.3) is 0 Å². The molecule has 0 bridgehead atoms. The molecule has 0 N–H and O–H groups in total. The quantitative estimate of drug-likeness (QED) is 0.0357. The first kappa shape index (κ1) is 49.9. The second kappa shape index (κ2) is 43.3. The van der Waals surface area contributed by atoms with Crippen LogP contribution in [0.4, 0.5) is 0 Å². The number of carbonyl (C=O) groups excluding carboxylic acids is 2. The van der Waals surface area contributed by atoms with Crippen molar-refractivity contribution in [3.05, 3.63) is 48.6 Å². The maximum absolute atomic E-state index is 12.7. The normalized spacial score (nSPS) is 12.6. The molecule has 302 valence electrons. The van der Waals surface area contributed by atoms with Gasteiger partial charge < -0.3 is 14.2 Å². The summed E-state index contributed by atoms with van der Waals surface area (Å²) < 4.78 is 17.2. The van der Waals surface area contributed by atoms with Gasteiger partial charge in [0, 0.05) is 19.4 Å². The highest BCUT2D eigenvalue weighted by Gasteiger charge is 2.17. The molecule has 0 radical (unpaired) electrons. The van der Waals surface area contributed by atoms with Gasteiger partial charge in [0.15, 0.2) is 6.10 Å². The van der Waals surface area contributed by atoms with E-state index in [0.717, 1.165) is 83.5 Å². The van der Waals surface area contributed by atoms with E-state index in [-0.39, 0.29) is 25.2 Å². The highest BCUT2D eigenvalue weighted by molar-refractivity contribution is 5.70. The Kier molecular flexibility index (Phi) is 41.5. The van der Waals surface area contributed by atoms with Crippen LogP contribution in [0.1, 0.15) is 213 Å². The van der Waals surface area contributed by atoms with Crippen molar-refractivity contribution in [3.63, 3.8) is 0 Å². The number of carbonyl (C=O) groups is 2. The summed E-state index contributed by atoms with van der Waals surface area (Å²) in [7, 11) is 0. The van der Waals surface area contributed by atoms with E-state index in [0.29, 0.717) is 19.4 Å². The molecule has 0 amide bonds. The lowest BCUT2D eigenvalue weighted by molar-refractivity contribution is -0.163. The minimum Gasteiger partial charge on any atom is -0.462 e. The monoisotopic (exact) mass is 729 g/mol. The Balaban J connectivity index is 4.30. The van der Waals surface area contributed by atoms with Crippen LogP contribution < -0.4 is 0 Å². The Labute approximate surface area is 322 Å². The number of hydrogen-bond donors (Lipinski definition) is 0. The molecule has 0 spiro atoms. The van der Waals surface area contributed by atoms with Crippen molar-refractivity contribution < 1.29 is 23.8 Å². The molecule has 0 aliphatic carbocycles. The fourth-order valence-corrected chi connectivity index (χ4v) is 6.05. The minimum absolute atomic E-state index is 0.0687. The molecule has 0 heterocycles. The maximum atomic E-state index is 12.7. The summed E-state index contributed by atoms with van der Waals surface area (Å²) in [6, 6.07) is 0. The SMILES string of the molecule is CC/C=C\C/C=C\C/C=C\CCCCCC(=O)OCC(COCCCCCCCCCCCC)OC(=O)CCCCCCC/C=C\CCCCCC. The first-order valence-electron chi connectivity index (χ1n) is 22.2. The van der Waals surface area contributed by atoms with Crippen LogP contribution in [0, 0.1) is 0 Å². The molecule has 0 aromatic rings. The first-order chi connectivity index (χ1) is 25.6. The molecular formula is C47H84O5. The zero-order chi connectivity index (χ0) is 37.8. The predicted octanol–water partition coefficient (Wildman–Crippen LogP) is 14.4. The minimum atomic E-state index is -0.546. The lowest BCUT2D eigenvalue weighted by atomic mass is 10.1. The van der Waals surface area contributed by atoms with Crippen LogP contribution in [0.15, 0.2) is 48.6 Å². The van der Waals surface area contributed by atoms with Gasteiger partial charge in [-0.25, -0.2) is 0 Å².